The zero-order valence-electron chi connectivity index (χ0n) is 15.0. The Morgan fingerprint density at radius 2 is 2.08 bits per heavy atom. The van der Waals surface area contributed by atoms with Crippen LogP contribution in [0.1, 0.15) is 61.6 Å². The van der Waals surface area contributed by atoms with Gasteiger partial charge in [-0.1, -0.05) is 0 Å². The number of fused-ring (bicyclic) bond motifs is 2. The van der Waals surface area contributed by atoms with Gasteiger partial charge in [-0.25, -0.2) is 4.98 Å². The number of aromatic nitrogens is 2. The Morgan fingerprint density at radius 1 is 1.20 bits per heavy atom. The summed E-state index contributed by atoms with van der Waals surface area (Å²) in [6, 6.07) is 0. The molecule has 0 spiro atoms. The molecule has 2 heterocycles. The van der Waals surface area contributed by atoms with Crippen LogP contribution in [0.3, 0.4) is 0 Å². The molecule has 3 aliphatic rings. The van der Waals surface area contributed by atoms with Crippen molar-refractivity contribution in [1.82, 2.24) is 20.2 Å². The Hall–Kier alpha value is -2.24. The van der Waals surface area contributed by atoms with Crippen LogP contribution in [0, 0.1) is 6.92 Å². The molecule has 1 amide bonds. The van der Waals surface area contributed by atoms with Crippen molar-refractivity contribution in [3.63, 3.8) is 0 Å². The Labute approximate surface area is 148 Å². The van der Waals surface area contributed by atoms with Gasteiger partial charge in [-0.15, -0.1) is 0 Å². The predicted octanol–water partition coefficient (Wildman–Crippen LogP) is 2.61. The topological polar surface area (TPSA) is 70.5 Å². The van der Waals surface area contributed by atoms with Crippen molar-refractivity contribution < 1.29 is 4.79 Å². The molecule has 1 aromatic rings. The first kappa shape index (κ1) is 16.2. The average molecular weight is 339 g/mol. The maximum absolute atomic E-state index is 12.7. The van der Waals surface area contributed by atoms with E-state index in [1.165, 1.54) is 6.42 Å². The van der Waals surface area contributed by atoms with Gasteiger partial charge in [0, 0.05) is 29.2 Å². The minimum absolute atomic E-state index is 0.100. The maximum atomic E-state index is 12.7. The van der Waals surface area contributed by atoms with Crippen LogP contribution in [0.25, 0.3) is 0 Å². The van der Waals surface area contributed by atoms with E-state index >= 15 is 0 Å². The van der Waals surface area contributed by atoms with Crippen LogP contribution >= 0.6 is 0 Å². The number of aliphatic imine (C=N–C) groups is 1. The molecule has 25 heavy (non-hydrogen) atoms. The van der Waals surface area contributed by atoms with Crippen molar-refractivity contribution in [1.29, 1.82) is 0 Å². The van der Waals surface area contributed by atoms with Gasteiger partial charge in [-0.3, -0.25) is 14.8 Å². The summed E-state index contributed by atoms with van der Waals surface area (Å²) >= 11 is 0. The van der Waals surface area contributed by atoms with E-state index in [9.17, 15) is 4.79 Å². The van der Waals surface area contributed by atoms with E-state index in [1.54, 1.807) is 12.4 Å². The zero-order chi connectivity index (χ0) is 17.5. The normalized spacial score (nSPS) is 31.0. The molecule has 0 aromatic carbocycles. The third-order valence-electron chi connectivity index (χ3n) is 5.98. The van der Waals surface area contributed by atoms with Gasteiger partial charge in [0.25, 0.3) is 5.91 Å². The summed E-state index contributed by atoms with van der Waals surface area (Å²) in [7, 11) is 0. The van der Waals surface area contributed by atoms with Crippen LogP contribution in [0.5, 0.6) is 0 Å². The van der Waals surface area contributed by atoms with E-state index < -0.39 is 0 Å². The minimum Gasteiger partial charge on any atom is -0.353 e. The van der Waals surface area contributed by atoms with Crippen molar-refractivity contribution >= 4 is 11.6 Å². The van der Waals surface area contributed by atoms with E-state index in [0.717, 1.165) is 50.2 Å². The van der Waals surface area contributed by atoms with E-state index in [2.05, 4.69) is 37.5 Å². The molecule has 2 unspecified atom stereocenters. The first-order valence-corrected chi connectivity index (χ1v) is 9.08. The summed E-state index contributed by atoms with van der Waals surface area (Å²) in [6.07, 6.45) is 14.0. The quantitative estimate of drug-likeness (QED) is 0.919. The molecule has 1 N–H and O–H groups in total. The highest BCUT2D eigenvalue weighted by atomic mass is 16.2. The molecule has 0 saturated heterocycles. The van der Waals surface area contributed by atoms with Crippen molar-refractivity contribution in [2.75, 3.05) is 6.67 Å². The number of nitrogens with one attached hydrogen (secondary N) is 1. The highest BCUT2D eigenvalue weighted by Gasteiger charge is 2.54. The largest absolute Gasteiger partial charge is 0.353 e. The summed E-state index contributed by atoms with van der Waals surface area (Å²) in [5, 5.41) is 3.31. The molecule has 2 bridgehead atoms. The highest BCUT2D eigenvalue weighted by molar-refractivity contribution is 5.93. The van der Waals surface area contributed by atoms with Crippen molar-refractivity contribution in [2.24, 2.45) is 4.99 Å². The molecule has 2 saturated carbocycles. The second kappa shape index (κ2) is 5.93. The predicted molar refractivity (Wildman–Crippen MR) is 96.4 cm³/mol. The molecule has 2 aliphatic carbocycles. The summed E-state index contributed by atoms with van der Waals surface area (Å²) in [5.74, 6) is -0.100. The lowest BCUT2D eigenvalue weighted by Crippen LogP contribution is -2.54. The molecule has 2 fully saturated rings. The van der Waals surface area contributed by atoms with E-state index in [-0.39, 0.29) is 17.0 Å². The molecule has 132 valence electrons. The summed E-state index contributed by atoms with van der Waals surface area (Å²) < 4.78 is 0. The highest BCUT2D eigenvalue weighted by Crippen LogP contribution is 2.51. The van der Waals surface area contributed by atoms with Crippen LogP contribution in [0.15, 0.2) is 29.7 Å². The van der Waals surface area contributed by atoms with Gasteiger partial charge in [-0.2, -0.15) is 0 Å². The molecule has 6 nitrogen and oxygen atoms in total. The molecule has 4 rings (SSSR count). The smallest absolute Gasteiger partial charge is 0.271 e. The Balaban J connectivity index is 1.51. The molecule has 1 aromatic heterocycles. The lowest BCUT2D eigenvalue weighted by atomic mass is 9.77. The summed E-state index contributed by atoms with van der Waals surface area (Å²) in [5.41, 5.74) is 2.27. The molecular weight excluding hydrogens is 314 g/mol. The van der Waals surface area contributed by atoms with Crippen LogP contribution in [0.4, 0.5) is 0 Å². The summed E-state index contributed by atoms with van der Waals surface area (Å²) in [6.45, 7) is 4.62. The fourth-order valence-corrected chi connectivity index (χ4v) is 4.69. The zero-order valence-corrected chi connectivity index (χ0v) is 15.0. The number of aryl methyl sites for hydroxylation is 1. The Bertz CT molecular complexity index is 758. The number of carbonyl (C=O) groups excluding carboxylic acids is 1. The van der Waals surface area contributed by atoms with Gasteiger partial charge in [0.05, 0.1) is 11.9 Å². The van der Waals surface area contributed by atoms with Crippen LogP contribution in [-0.4, -0.2) is 44.2 Å². The van der Waals surface area contributed by atoms with Gasteiger partial charge < -0.3 is 10.2 Å². The second-order valence-corrected chi connectivity index (χ2v) is 7.76. The van der Waals surface area contributed by atoms with E-state index in [1.807, 2.05) is 13.8 Å². The number of rotatable bonds is 3. The van der Waals surface area contributed by atoms with Crippen LogP contribution in [-0.2, 0) is 0 Å². The molecule has 2 atom stereocenters. The maximum Gasteiger partial charge on any atom is 0.271 e. The standard InChI is InChI=1S/C19H25N5O/c1-14-4-9-24(13-21-14)19-6-3-5-18(12-19,7-8-19)23-17(25)16-11-20-10-15(2)22-16/h4,9-11H,3,5-8,12-13H2,1-2H3,(H,23,25). The monoisotopic (exact) mass is 339 g/mol. The number of nitrogens with zero attached hydrogens (tertiary/aromatic N) is 4. The molecule has 6 heteroatoms. The lowest BCUT2D eigenvalue weighted by Gasteiger charge is -2.46. The number of hydrogen-bond acceptors (Lipinski definition) is 5. The minimum atomic E-state index is -0.120. The third-order valence-corrected chi connectivity index (χ3v) is 5.98. The average Bonchev–Trinajstić information content (AvgIpc) is 2.86. The van der Waals surface area contributed by atoms with Crippen molar-refractivity contribution in [3.8, 4) is 0 Å². The Kier molecular flexibility index (Phi) is 3.85. The van der Waals surface area contributed by atoms with Gasteiger partial charge >= 0.3 is 0 Å². The lowest BCUT2D eigenvalue weighted by molar-refractivity contribution is 0.0768. The fraction of sp³-hybridized carbons (Fsp3) is 0.579. The molecule has 0 radical (unpaired) electrons. The number of hydrogen-bond donors (Lipinski definition) is 1. The molecule has 1 aliphatic heterocycles. The fourth-order valence-electron chi connectivity index (χ4n) is 4.69. The summed E-state index contributed by atoms with van der Waals surface area (Å²) in [4.78, 5) is 28.1. The third kappa shape index (κ3) is 2.94. The second-order valence-electron chi connectivity index (χ2n) is 7.76. The van der Waals surface area contributed by atoms with Gasteiger partial charge in [0.15, 0.2) is 0 Å². The van der Waals surface area contributed by atoms with Gasteiger partial charge in [-0.05, 0) is 58.4 Å². The van der Waals surface area contributed by atoms with E-state index in [4.69, 9.17) is 0 Å². The van der Waals surface area contributed by atoms with Gasteiger partial charge in [0.1, 0.15) is 12.4 Å². The van der Waals surface area contributed by atoms with Crippen LogP contribution in [0.2, 0.25) is 0 Å². The van der Waals surface area contributed by atoms with Crippen molar-refractivity contribution in [2.45, 2.75) is 63.5 Å². The van der Waals surface area contributed by atoms with Gasteiger partial charge in [0.2, 0.25) is 0 Å². The number of allylic oxidation sites excluding steroid dienone is 1. The first-order chi connectivity index (χ1) is 12.0. The Morgan fingerprint density at radius 3 is 2.84 bits per heavy atom. The molecular formula is C19H25N5O. The SMILES string of the molecule is CC1=NCN(C23CCCC(NC(=O)c4cncc(C)n4)(CC2)C3)C=C1. The first-order valence-electron chi connectivity index (χ1n) is 9.08. The van der Waals surface area contributed by atoms with E-state index in [0.29, 0.717) is 5.69 Å². The number of carbonyl (C=O) groups is 1. The number of amides is 1. The van der Waals surface area contributed by atoms with Crippen LogP contribution < -0.4 is 5.32 Å². The van der Waals surface area contributed by atoms with Crippen molar-refractivity contribution in [3.05, 3.63) is 36.1 Å².